The minimum atomic E-state index is -1.51. The summed E-state index contributed by atoms with van der Waals surface area (Å²) in [5.74, 6) is 0. The minimum absolute atomic E-state index is 0.380. The Kier molecular flexibility index (Phi) is 3.53. The lowest BCUT2D eigenvalue weighted by molar-refractivity contribution is 0.336. The Hall–Kier alpha value is -1.40. The number of benzene rings is 1. The van der Waals surface area contributed by atoms with Gasteiger partial charge in [0, 0.05) is 18.6 Å². The van der Waals surface area contributed by atoms with E-state index in [1.165, 1.54) is 0 Å². The molecule has 0 unspecified atom stereocenters. The Labute approximate surface area is 94.5 Å². The molecule has 84 valence electrons. The summed E-state index contributed by atoms with van der Waals surface area (Å²) in [6.07, 6.45) is 2.28. The van der Waals surface area contributed by atoms with Crippen LogP contribution >= 0.6 is 0 Å². The molecule has 0 bridgehead atoms. The molecule has 0 saturated carbocycles. The SMILES string of the molecule is OB(O)c1ccccc1/N=N/N1CCCC1. The maximum Gasteiger partial charge on any atom is 0.490 e. The first kappa shape index (κ1) is 11.1. The van der Waals surface area contributed by atoms with Crippen LogP contribution in [0.1, 0.15) is 12.8 Å². The topological polar surface area (TPSA) is 68.4 Å². The van der Waals surface area contributed by atoms with E-state index in [4.69, 9.17) is 10.0 Å². The number of hydrogen-bond donors (Lipinski definition) is 2. The van der Waals surface area contributed by atoms with Crippen LogP contribution < -0.4 is 5.46 Å². The normalized spacial score (nSPS) is 16.0. The smallest absolute Gasteiger partial charge is 0.423 e. The first-order chi connectivity index (χ1) is 7.77. The van der Waals surface area contributed by atoms with Gasteiger partial charge in [-0.15, -0.1) is 5.11 Å². The third kappa shape index (κ3) is 2.59. The van der Waals surface area contributed by atoms with Crippen LogP contribution in [0.2, 0.25) is 0 Å². The summed E-state index contributed by atoms with van der Waals surface area (Å²) < 4.78 is 0. The molecule has 2 N–H and O–H groups in total. The Balaban J connectivity index is 2.13. The standard InChI is InChI=1S/C10H14BN3O2/c15-11(16)9-5-1-2-6-10(9)12-13-14-7-3-4-8-14/h1-2,5-6,15-16H,3-4,7-8H2/b13-12+. The molecule has 16 heavy (non-hydrogen) atoms. The van der Waals surface area contributed by atoms with E-state index in [1.54, 1.807) is 24.3 Å². The summed E-state index contributed by atoms with van der Waals surface area (Å²) in [5.41, 5.74) is 0.884. The lowest BCUT2D eigenvalue weighted by Gasteiger charge is -2.08. The predicted molar refractivity (Wildman–Crippen MR) is 61.6 cm³/mol. The van der Waals surface area contributed by atoms with Gasteiger partial charge in [-0.2, -0.15) is 0 Å². The van der Waals surface area contributed by atoms with E-state index in [9.17, 15) is 0 Å². The van der Waals surface area contributed by atoms with Crippen molar-refractivity contribution in [3.8, 4) is 0 Å². The second kappa shape index (κ2) is 5.09. The number of rotatable bonds is 3. The summed E-state index contributed by atoms with van der Waals surface area (Å²) in [6.45, 7) is 1.85. The zero-order valence-corrected chi connectivity index (χ0v) is 8.95. The van der Waals surface area contributed by atoms with Gasteiger partial charge >= 0.3 is 7.12 Å². The Bertz CT molecular complexity index is 378. The first-order valence-corrected chi connectivity index (χ1v) is 5.39. The van der Waals surface area contributed by atoms with Gasteiger partial charge in [0.25, 0.3) is 0 Å². The van der Waals surface area contributed by atoms with E-state index in [2.05, 4.69) is 10.3 Å². The van der Waals surface area contributed by atoms with Gasteiger partial charge < -0.3 is 10.0 Å². The van der Waals surface area contributed by atoms with E-state index < -0.39 is 7.12 Å². The van der Waals surface area contributed by atoms with Crippen molar-refractivity contribution in [1.29, 1.82) is 0 Å². The molecule has 0 spiro atoms. The van der Waals surface area contributed by atoms with Gasteiger partial charge in [0.15, 0.2) is 0 Å². The summed E-state index contributed by atoms with van der Waals surface area (Å²) >= 11 is 0. The molecule has 1 saturated heterocycles. The molecule has 5 nitrogen and oxygen atoms in total. The van der Waals surface area contributed by atoms with Crippen LogP contribution in [-0.4, -0.2) is 35.3 Å². The molecule has 2 rings (SSSR count). The van der Waals surface area contributed by atoms with Gasteiger partial charge in [-0.1, -0.05) is 23.4 Å². The minimum Gasteiger partial charge on any atom is -0.423 e. The molecule has 1 fully saturated rings. The molecule has 1 aromatic carbocycles. The molecule has 1 aliphatic heterocycles. The van der Waals surface area contributed by atoms with E-state index in [0.717, 1.165) is 25.9 Å². The van der Waals surface area contributed by atoms with Crippen LogP contribution in [0.15, 0.2) is 34.6 Å². The summed E-state index contributed by atoms with van der Waals surface area (Å²) in [4.78, 5) is 0. The third-order valence-corrected chi connectivity index (χ3v) is 2.58. The maximum absolute atomic E-state index is 9.14. The zero-order chi connectivity index (χ0) is 11.4. The first-order valence-electron chi connectivity index (χ1n) is 5.39. The average molecular weight is 219 g/mol. The highest BCUT2D eigenvalue weighted by Gasteiger charge is 2.15. The lowest BCUT2D eigenvalue weighted by Crippen LogP contribution is -2.29. The summed E-state index contributed by atoms with van der Waals surface area (Å²) in [5, 5.41) is 28.3. The maximum atomic E-state index is 9.14. The second-order valence-electron chi connectivity index (χ2n) is 3.78. The molecule has 1 heterocycles. The zero-order valence-electron chi connectivity index (χ0n) is 8.95. The molecule has 1 aromatic rings. The summed E-state index contributed by atoms with van der Waals surface area (Å²) in [6, 6.07) is 6.88. The Morgan fingerprint density at radius 3 is 2.50 bits per heavy atom. The monoisotopic (exact) mass is 219 g/mol. The molecular formula is C10H14BN3O2. The molecular weight excluding hydrogens is 205 g/mol. The van der Waals surface area contributed by atoms with Crippen LogP contribution in [-0.2, 0) is 0 Å². The van der Waals surface area contributed by atoms with Crippen molar-refractivity contribution in [2.75, 3.05) is 13.1 Å². The van der Waals surface area contributed by atoms with Gasteiger partial charge in [-0.25, -0.2) is 0 Å². The van der Waals surface area contributed by atoms with Crippen molar-refractivity contribution in [2.45, 2.75) is 12.8 Å². The van der Waals surface area contributed by atoms with E-state index in [0.29, 0.717) is 11.2 Å². The predicted octanol–water partition coefficient (Wildman–Crippen LogP) is 0.461. The van der Waals surface area contributed by atoms with Crippen LogP contribution in [0.3, 0.4) is 0 Å². The highest BCUT2D eigenvalue weighted by Crippen LogP contribution is 2.13. The number of nitrogens with zero attached hydrogens (tertiary/aromatic N) is 3. The van der Waals surface area contributed by atoms with Gasteiger partial charge in [0.1, 0.15) is 0 Å². The van der Waals surface area contributed by atoms with Crippen molar-refractivity contribution < 1.29 is 10.0 Å². The van der Waals surface area contributed by atoms with Crippen molar-refractivity contribution in [2.24, 2.45) is 10.3 Å². The van der Waals surface area contributed by atoms with Crippen molar-refractivity contribution in [3.63, 3.8) is 0 Å². The van der Waals surface area contributed by atoms with Gasteiger partial charge in [-0.05, 0) is 18.9 Å². The van der Waals surface area contributed by atoms with Crippen molar-refractivity contribution >= 4 is 18.3 Å². The van der Waals surface area contributed by atoms with Gasteiger partial charge in [0.2, 0.25) is 0 Å². The molecule has 0 atom stereocenters. The van der Waals surface area contributed by atoms with E-state index in [1.807, 2.05) is 5.01 Å². The van der Waals surface area contributed by atoms with Gasteiger partial charge in [-0.3, -0.25) is 5.01 Å². The fraction of sp³-hybridized carbons (Fsp3) is 0.400. The van der Waals surface area contributed by atoms with Crippen molar-refractivity contribution in [3.05, 3.63) is 24.3 Å². The summed E-state index contributed by atoms with van der Waals surface area (Å²) in [7, 11) is -1.51. The van der Waals surface area contributed by atoms with Crippen LogP contribution in [0.25, 0.3) is 0 Å². The van der Waals surface area contributed by atoms with Gasteiger partial charge in [0.05, 0.1) is 5.69 Å². The average Bonchev–Trinajstić information content (AvgIpc) is 2.79. The van der Waals surface area contributed by atoms with Crippen LogP contribution in [0.5, 0.6) is 0 Å². The largest absolute Gasteiger partial charge is 0.490 e. The Morgan fingerprint density at radius 1 is 1.12 bits per heavy atom. The molecule has 0 radical (unpaired) electrons. The van der Waals surface area contributed by atoms with Crippen LogP contribution in [0, 0.1) is 0 Å². The quantitative estimate of drug-likeness (QED) is 0.573. The third-order valence-electron chi connectivity index (χ3n) is 2.58. The molecule has 0 aliphatic carbocycles. The van der Waals surface area contributed by atoms with E-state index >= 15 is 0 Å². The molecule has 0 aromatic heterocycles. The number of hydrogen-bond acceptors (Lipinski definition) is 4. The van der Waals surface area contributed by atoms with Crippen LogP contribution in [0.4, 0.5) is 5.69 Å². The molecule has 0 amide bonds. The highest BCUT2D eigenvalue weighted by molar-refractivity contribution is 6.60. The highest BCUT2D eigenvalue weighted by atomic mass is 16.4. The van der Waals surface area contributed by atoms with E-state index in [-0.39, 0.29) is 0 Å². The fourth-order valence-electron chi connectivity index (χ4n) is 1.70. The fourth-order valence-corrected chi connectivity index (χ4v) is 1.70. The molecule has 1 aliphatic rings. The second-order valence-corrected chi connectivity index (χ2v) is 3.78. The van der Waals surface area contributed by atoms with Crippen molar-refractivity contribution in [1.82, 2.24) is 5.01 Å². The molecule has 6 heteroatoms. The lowest BCUT2D eigenvalue weighted by atomic mass is 9.79. The Morgan fingerprint density at radius 2 is 1.81 bits per heavy atom.